The van der Waals surface area contributed by atoms with Crippen LogP contribution in [0.25, 0.3) is 0 Å². The predicted molar refractivity (Wildman–Crippen MR) is 64.0 cm³/mol. The molecule has 0 heterocycles. The van der Waals surface area contributed by atoms with Crippen LogP contribution >= 0.6 is 0 Å². The van der Waals surface area contributed by atoms with E-state index in [1.165, 1.54) is 0 Å². The van der Waals surface area contributed by atoms with Crippen molar-refractivity contribution in [2.75, 3.05) is 13.7 Å². The van der Waals surface area contributed by atoms with Crippen molar-refractivity contribution in [2.24, 2.45) is 11.1 Å². The summed E-state index contributed by atoms with van der Waals surface area (Å²) in [5.41, 5.74) is 5.22. The Morgan fingerprint density at radius 3 is 2.75 bits per heavy atom. The van der Waals surface area contributed by atoms with Gasteiger partial charge in [-0.1, -0.05) is 6.92 Å². The number of hydrogen-bond acceptors (Lipinski definition) is 3. The Bertz CT molecular complexity index is 239. The van der Waals surface area contributed by atoms with E-state index in [2.05, 4.69) is 5.32 Å². The first-order valence-corrected chi connectivity index (χ1v) is 6.11. The van der Waals surface area contributed by atoms with Gasteiger partial charge in [0.15, 0.2) is 0 Å². The minimum atomic E-state index is -0.444. The average molecular weight is 228 g/mol. The second-order valence-corrected chi connectivity index (χ2v) is 4.90. The first-order chi connectivity index (χ1) is 7.57. The van der Waals surface area contributed by atoms with Crippen LogP contribution in [0.2, 0.25) is 0 Å². The maximum absolute atomic E-state index is 12.1. The molecule has 1 aliphatic rings. The molecule has 0 aromatic heterocycles. The van der Waals surface area contributed by atoms with Gasteiger partial charge in [0, 0.05) is 13.7 Å². The Hall–Kier alpha value is -0.610. The number of nitrogens with two attached hydrogens (primary N) is 1. The molecular weight excluding hydrogens is 204 g/mol. The van der Waals surface area contributed by atoms with E-state index in [9.17, 15) is 4.79 Å². The molecule has 1 aliphatic carbocycles. The van der Waals surface area contributed by atoms with Crippen molar-refractivity contribution >= 4 is 5.91 Å². The van der Waals surface area contributed by atoms with Gasteiger partial charge < -0.3 is 15.8 Å². The smallest absolute Gasteiger partial charge is 0.227 e. The second-order valence-electron chi connectivity index (χ2n) is 4.90. The summed E-state index contributed by atoms with van der Waals surface area (Å²) in [5, 5.41) is 3.08. The highest BCUT2D eigenvalue weighted by Gasteiger charge is 2.35. The molecule has 0 saturated heterocycles. The summed E-state index contributed by atoms with van der Waals surface area (Å²) in [6.07, 6.45) is 4.10. The number of carbonyl (C=O) groups is 1. The molecule has 16 heavy (non-hydrogen) atoms. The van der Waals surface area contributed by atoms with E-state index < -0.39 is 5.41 Å². The predicted octanol–water partition coefficient (Wildman–Crippen LogP) is 1.05. The number of ether oxygens (including phenoxy) is 1. The van der Waals surface area contributed by atoms with Crippen molar-refractivity contribution in [1.82, 2.24) is 5.32 Å². The molecule has 94 valence electrons. The van der Waals surface area contributed by atoms with Gasteiger partial charge in [-0.25, -0.2) is 0 Å². The van der Waals surface area contributed by atoms with Crippen molar-refractivity contribution in [3.05, 3.63) is 0 Å². The Balaban J connectivity index is 2.56. The van der Waals surface area contributed by atoms with Crippen molar-refractivity contribution in [1.29, 1.82) is 0 Å². The van der Waals surface area contributed by atoms with Crippen LogP contribution in [0.3, 0.4) is 0 Å². The van der Waals surface area contributed by atoms with Gasteiger partial charge in [-0.15, -0.1) is 0 Å². The zero-order valence-corrected chi connectivity index (χ0v) is 10.6. The van der Waals surface area contributed by atoms with Gasteiger partial charge in [0.2, 0.25) is 5.91 Å². The summed E-state index contributed by atoms with van der Waals surface area (Å²) in [5.74, 6) is 0.0615. The molecule has 0 aromatic rings. The molecule has 1 rings (SSSR count). The first-order valence-electron chi connectivity index (χ1n) is 6.11. The van der Waals surface area contributed by atoms with Crippen LogP contribution in [0.1, 0.15) is 39.5 Å². The summed E-state index contributed by atoms with van der Waals surface area (Å²) in [6.45, 7) is 4.30. The number of nitrogens with one attached hydrogen (secondary N) is 1. The Labute approximate surface area is 97.9 Å². The monoisotopic (exact) mass is 228 g/mol. The van der Waals surface area contributed by atoms with E-state index in [0.717, 1.165) is 25.7 Å². The van der Waals surface area contributed by atoms with Crippen molar-refractivity contribution in [3.63, 3.8) is 0 Å². The molecule has 4 heteroatoms. The van der Waals surface area contributed by atoms with Crippen LogP contribution in [0.5, 0.6) is 0 Å². The molecule has 1 amide bonds. The van der Waals surface area contributed by atoms with E-state index >= 15 is 0 Å². The fraction of sp³-hybridized carbons (Fsp3) is 0.917. The minimum Gasteiger partial charge on any atom is -0.379 e. The highest BCUT2D eigenvalue weighted by molar-refractivity contribution is 5.82. The lowest BCUT2D eigenvalue weighted by atomic mass is 9.86. The van der Waals surface area contributed by atoms with Gasteiger partial charge in [-0.3, -0.25) is 4.79 Å². The SMILES string of the molecule is CCC(C)(CN)C(=O)NC1CCCC1OC. The lowest BCUT2D eigenvalue weighted by Gasteiger charge is -2.29. The standard InChI is InChI=1S/C12H24N2O2/c1-4-12(2,8-13)11(15)14-9-6-5-7-10(9)16-3/h9-10H,4-8,13H2,1-3H3,(H,14,15). The molecule has 0 radical (unpaired) electrons. The minimum absolute atomic E-state index is 0.0615. The molecule has 3 atom stereocenters. The summed E-state index contributed by atoms with van der Waals surface area (Å²) < 4.78 is 5.36. The highest BCUT2D eigenvalue weighted by atomic mass is 16.5. The highest BCUT2D eigenvalue weighted by Crippen LogP contribution is 2.24. The molecule has 4 nitrogen and oxygen atoms in total. The van der Waals surface area contributed by atoms with E-state index in [1.807, 2.05) is 13.8 Å². The fourth-order valence-electron chi connectivity index (χ4n) is 2.11. The second kappa shape index (κ2) is 5.64. The molecule has 0 aliphatic heterocycles. The number of rotatable bonds is 5. The summed E-state index contributed by atoms with van der Waals surface area (Å²) in [4.78, 5) is 12.1. The first kappa shape index (κ1) is 13.5. The largest absolute Gasteiger partial charge is 0.379 e. The van der Waals surface area contributed by atoms with Gasteiger partial charge in [-0.2, -0.15) is 0 Å². The van der Waals surface area contributed by atoms with Crippen molar-refractivity contribution in [3.8, 4) is 0 Å². The van der Waals surface area contributed by atoms with Crippen molar-refractivity contribution < 1.29 is 9.53 Å². The lowest BCUT2D eigenvalue weighted by Crippen LogP contribution is -2.49. The third-order valence-electron chi connectivity index (χ3n) is 3.85. The number of amides is 1. The molecule has 0 spiro atoms. The van der Waals surface area contributed by atoms with Crippen molar-refractivity contribution in [2.45, 2.75) is 51.7 Å². The molecule has 1 fully saturated rings. The van der Waals surface area contributed by atoms with Crippen LogP contribution in [-0.2, 0) is 9.53 Å². The Morgan fingerprint density at radius 2 is 2.25 bits per heavy atom. The summed E-state index contributed by atoms with van der Waals surface area (Å²) >= 11 is 0. The fourth-order valence-corrected chi connectivity index (χ4v) is 2.11. The molecule has 1 saturated carbocycles. The van der Waals surface area contributed by atoms with Gasteiger partial charge in [-0.05, 0) is 32.6 Å². The van der Waals surface area contributed by atoms with Crippen LogP contribution in [-0.4, -0.2) is 31.7 Å². The van der Waals surface area contributed by atoms with Gasteiger partial charge in [0.1, 0.15) is 0 Å². The lowest BCUT2D eigenvalue weighted by molar-refractivity contribution is -0.131. The molecular formula is C12H24N2O2. The Kier molecular flexibility index (Phi) is 4.74. The number of carbonyl (C=O) groups excluding carboxylic acids is 1. The maximum Gasteiger partial charge on any atom is 0.227 e. The van der Waals surface area contributed by atoms with E-state index in [4.69, 9.17) is 10.5 Å². The molecule has 0 aromatic carbocycles. The third kappa shape index (κ3) is 2.74. The van der Waals surface area contributed by atoms with Gasteiger partial charge in [0.05, 0.1) is 17.6 Å². The van der Waals surface area contributed by atoms with E-state index in [0.29, 0.717) is 6.54 Å². The topological polar surface area (TPSA) is 64.4 Å². The van der Waals surface area contributed by atoms with Gasteiger partial charge in [0.25, 0.3) is 0 Å². The normalized spacial score (nSPS) is 28.8. The van der Waals surface area contributed by atoms with E-state index in [-0.39, 0.29) is 18.1 Å². The third-order valence-corrected chi connectivity index (χ3v) is 3.85. The van der Waals surface area contributed by atoms with Crippen LogP contribution in [0, 0.1) is 5.41 Å². The zero-order chi connectivity index (χ0) is 12.2. The number of hydrogen-bond donors (Lipinski definition) is 2. The zero-order valence-electron chi connectivity index (χ0n) is 10.6. The summed E-state index contributed by atoms with van der Waals surface area (Å²) in [6, 6.07) is 0.162. The number of methoxy groups -OCH3 is 1. The van der Waals surface area contributed by atoms with Crippen LogP contribution < -0.4 is 11.1 Å². The van der Waals surface area contributed by atoms with Gasteiger partial charge >= 0.3 is 0 Å². The average Bonchev–Trinajstić information content (AvgIpc) is 2.75. The van der Waals surface area contributed by atoms with Crippen LogP contribution in [0.15, 0.2) is 0 Å². The van der Waals surface area contributed by atoms with E-state index in [1.54, 1.807) is 7.11 Å². The maximum atomic E-state index is 12.1. The molecule has 3 unspecified atom stereocenters. The molecule has 3 N–H and O–H groups in total. The summed E-state index contributed by atoms with van der Waals surface area (Å²) in [7, 11) is 1.71. The van der Waals surface area contributed by atoms with Crippen LogP contribution in [0.4, 0.5) is 0 Å². The quantitative estimate of drug-likeness (QED) is 0.739. The molecule has 0 bridgehead atoms. The Morgan fingerprint density at radius 1 is 1.56 bits per heavy atom.